The van der Waals surface area contributed by atoms with E-state index in [1.807, 2.05) is 24.4 Å². The van der Waals surface area contributed by atoms with Crippen LogP contribution in [0.3, 0.4) is 0 Å². The molecule has 0 aliphatic rings. The number of hydrogen-bond donors (Lipinski definition) is 2. The van der Waals surface area contributed by atoms with E-state index in [-0.39, 0.29) is 23.3 Å². The van der Waals surface area contributed by atoms with Crippen LogP contribution in [-0.2, 0) is 6.42 Å². The van der Waals surface area contributed by atoms with Crippen molar-refractivity contribution in [1.29, 1.82) is 0 Å². The Labute approximate surface area is 120 Å². The number of halogens is 1. The summed E-state index contributed by atoms with van der Waals surface area (Å²) in [5.41, 5.74) is 0.200. The number of nitrogens with one attached hydrogen (secondary N) is 1. The van der Waals surface area contributed by atoms with Gasteiger partial charge in [-0.3, -0.25) is 4.79 Å². The van der Waals surface area contributed by atoms with E-state index < -0.39 is 0 Å². The van der Waals surface area contributed by atoms with Gasteiger partial charge >= 0.3 is 0 Å². The Morgan fingerprint density at radius 3 is 2.95 bits per heavy atom. The number of benzene rings is 1. The molecular formula is C14H14ClNO2S. The zero-order valence-electron chi connectivity index (χ0n) is 10.4. The van der Waals surface area contributed by atoms with Gasteiger partial charge in [0.1, 0.15) is 5.75 Å². The van der Waals surface area contributed by atoms with Crippen molar-refractivity contribution in [2.75, 3.05) is 0 Å². The maximum absolute atomic E-state index is 12.0. The molecule has 0 saturated carbocycles. The summed E-state index contributed by atoms with van der Waals surface area (Å²) in [7, 11) is 0. The zero-order valence-corrected chi connectivity index (χ0v) is 12.0. The van der Waals surface area contributed by atoms with Crippen molar-refractivity contribution < 1.29 is 9.90 Å². The van der Waals surface area contributed by atoms with Crippen LogP contribution in [0.25, 0.3) is 0 Å². The van der Waals surface area contributed by atoms with Crippen LogP contribution in [0.1, 0.15) is 22.2 Å². The Morgan fingerprint density at radius 1 is 1.47 bits per heavy atom. The van der Waals surface area contributed by atoms with Crippen LogP contribution in [0.15, 0.2) is 35.7 Å². The van der Waals surface area contributed by atoms with E-state index in [4.69, 9.17) is 11.6 Å². The molecule has 0 fully saturated rings. The normalized spacial score (nSPS) is 12.1. The number of carbonyl (C=O) groups excluding carboxylic acids is 1. The van der Waals surface area contributed by atoms with Crippen molar-refractivity contribution in [3.63, 3.8) is 0 Å². The third-order valence-electron chi connectivity index (χ3n) is 2.67. The molecule has 1 heterocycles. The Morgan fingerprint density at radius 2 is 2.26 bits per heavy atom. The highest BCUT2D eigenvalue weighted by Gasteiger charge is 2.14. The monoisotopic (exact) mass is 295 g/mol. The summed E-state index contributed by atoms with van der Waals surface area (Å²) < 4.78 is 0. The van der Waals surface area contributed by atoms with E-state index in [2.05, 4.69) is 5.32 Å². The van der Waals surface area contributed by atoms with Gasteiger partial charge in [-0.15, -0.1) is 11.3 Å². The molecule has 3 nitrogen and oxygen atoms in total. The molecule has 2 N–H and O–H groups in total. The van der Waals surface area contributed by atoms with Crippen LogP contribution in [-0.4, -0.2) is 17.1 Å². The number of phenols is 1. The highest BCUT2D eigenvalue weighted by atomic mass is 35.5. The molecule has 100 valence electrons. The number of carbonyl (C=O) groups is 1. The molecule has 0 aliphatic carbocycles. The maximum atomic E-state index is 12.0. The van der Waals surface area contributed by atoms with Crippen LogP contribution >= 0.6 is 22.9 Å². The van der Waals surface area contributed by atoms with Gasteiger partial charge in [0.05, 0.1) is 5.56 Å². The maximum Gasteiger partial charge on any atom is 0.255 e. The highest BCUT2D eigenvalue weighted by Crippen LogP contribution is 2.21. The van der Waals surface area contributed by atoms with Crippen LogP contribution in [0.2, 0.25) is 5.02 Å². The fourth-order valence-electron chi connectivity index (χ4n) is 1.77. The molecule has 1 unspecified atom stereocenters. The molecule has 0 saturated heterocycles. The van der Waals surface area contributed by atoms with Gasteiger partial charge in [0, 0.05) is 22.4 Å². The minimum atomic E-state index is -0.316. The van der Waals surface area contributed by atoms with E-state index in [9.17, 15) is 9.90 Å². The number of aromatic hydroxyl groups is 1. The first-order valence-electron chi connectivity index (χ1n) is 5.88. The first-order chi connectivity index (χ1) is 9.06. The number of rotatable bonds is 4. The van der Waals surface area contributed by atoms with Crippen LogP contribution in [0.5, 0.6) is 5.75 Å². The van der Waals surface area contributed by atoms with Crippen molar-refractivity contribution in [3.8, 4) is 5.75 Å². The predicted octanol–water partition coefficient (Wildman–Crippen LogP) is 3.47. The Kier molecular flexibility index (Phi) is 4.45. The minimum Gasteiger partial charge on any atom is -0.507 e. The molecule has 19 heavy (non-hydrogen) atoms. The standard InChI is InChI=1S/C14H14ClNO2S/c1-9(7-11-3-2-6-19-11)16-14(18)12-8-10(15)4-5-13(12)17/h2-6,8-9,17H,7H2,1H3,(H,16,18). The van der Waals surface area contributed by atoms with Gasteiger partial charge in [0.25, 0.3) is 5.91 Å². The molecule has 1 aromatic carbocycles. The number of phenolic OH excluding ortho intramolecular Hbond substituents is 1. The molecule has 1 aromatic heterocycles. The SMILES string of the molecule is CC(Cc1cccs1)NC(=O)c1cc(Cl)ccc1O. The molecular weight excluding hydrogens is 282 g/mol. The van der Waals surface area contributed by atoms with Gasteiger partial charge in [-0.05, 0) is 36.6 Å². The first-order valence-corrected chi connectivity index (χ1v) is 7.14. The average Bonchev–Trinajstić information content (AvgIpc) is 2.84. The lowest BCUT2D eigenvalue weighted by molar-refractivity contribution is 0.0937. The van der Waals surface area contributed by atoms with Crippen LogP contribution < -0.4 is 5.32 Å². The fourth-order valence-corrected chi connectivity index (χ4v) is 2.78. The van der Waals surface area contributed by atoms with Gasteiger partial charge in [0.15, 0.2) is 0 Å². The largest absolute Gasteiger partial charge is 0.507 e. The molecule has 2 rings (SSSR count). The summed E-state index contributed by atoms with van der Waals surface area (Å²) in [6.45, 7) is 1.93. The predicted molar refractivity (Wildman–Crippen MR) is 78.1 cm³/mol. The average molecular weight is 296 g/mol. The number of thiophene rings is 1. The number of hydrogen-bond acceptors (Lipinski definition) is 3. The summed E-state index contributed by atoms with van der Waals surface area (Å²) in [6, 6.07) is 8.43. The summed E-state index contributed by atoms with van der Waals surface area (Å²) in [6.07, 6.45) is 0.769. The fraction of sp³-hybridized carbons (Fsp3) is 0.214. The van der Waals surface area contributed by atoms with Gasteiger partial charge in [-0.2, -0.15) is 0 Å². The van der Waals surface area contributed by atoms with Crippen LogP contribution in [0, 0.1) is 0 Å². The quantitative estimate of drug-likeness (QED) is 0.907. The molecule has 0 bridgehead atoms. The summed E-state index contributed by atoms with van der Waals surface area (Å²) in [4.78, 5) is 13.2. The lowest BCUT2D eigenvalue weighted by Crippen LogP contribution is -2.33. The second-order valence-corrected chi connectivity index (χ2v) is 5.79. The smallest absolute Gasteiger partial charge is 0.255 e. The molecule has 1 amide bonds. The second kappa shape index (κ2) is 6.08. The zero-order chi connectivity index (χ0) is 13.8. The van der Waals surface area contributed by atoms with Crippen molar-refractivity contribution in [3.05, 3.63) is 51.2 Å². The lowest BCUT2D eigenvalue weighted by atomic mass is 10.1. The molecule has 0 aliphatic heterocycles. The highest BCUT2D eigenvalue weighted by molar-refractivity contribution is 7.09. The van der Waals surface area contributed by atoms with Crippen molar-refractivity contribution in [2.45, 2.75) is 19.4 Å². The Bertz CT molecular complexity index is 569. The van der Waals surface area contributed by atoms with Crippen molar-refractivity contribution in [2.24, 2.45) is 0 Å². The number of amides is 1. The Hall–Kier alpha value is -1.52. The van der Waals surface area contributed by atoms with E-state index >= 15 is 0 Å². The van der Waals surface area contributed by atoms with E-state index in [0.717, 1.165) is 6.42 Å². The van der Waals surface area contributed by atoms with Crippen molar-refractivity contribution in [1.82, 2.24) is 5.32 Å². The second-order valence-electron chi connectivity index (χ2n) is 4.32. The topological polar surface area (TPSA) is 49.3 Å². The van der Waals surface area contributed by atoms with E-state index in [1.165, 1.54) is 17.0 Å². The molecule has 2 aromatic rings. The van der Waals surface area contributed by atoms with Gasteiger partial charge < -0.3 is 10.4 Å². The first kappa shape index (κ1) is 13.9. The van der Waals surface area contributed by atoms with Gasteiger partial charge in [0.2, 0.25) is 0 Å². The summed E-state index contributed by atoms with van der Waals surface area (Å²) in [5, 5.41) is 14.9. The van der Waals surface area contributed by atoms with Crippen molar-refractivity contribution >= 4 is 28.8 Å². The third-order valence-corrected chi connectivity index (χ3v) is 3.80. The molecule has 0 radical (unpaired) electrons. The molecule has 0 spiro atoms. The molecule has 1 atom stereocenters. The van der Waals surface area contributed by atoms with E-state index in [1.54, 1.807) is 17.4 Å². The van der Waals surface area contributed by atoms with Crippen LogP contribution in [0.4, 0.5) is 0 Å². The summed E-state index contributed by atoms with van der Waals surface area (Å²) in [5.74, 6) is -0.380. The molecule has 5 heteroatoms. The van der Waals surface area contributed by atoms with Gasteiger partial charge in [-0.25, -0.2) is 0 Å². The third kappa shape index (κ3) is 3.72. The van der Waals surface area contributed by atoms with E-state index in [0.29, 0.717) is 5.02 Å². The summed E-state index contributed by atoms with van der Waals surface area (Å²) >= 11 is 7.48. The lowest BCUT2D eigenvalue weighted by Gasteiger charge is -2.13. The Balaban J connectivity index is 2.02. The van der Waals surface area contributed by atoms with Gasteiger partial charge in [-0.1, -0.05) is 17.7 Å². The minimum absolute atomic E-state index is 0.00969.